The van der Waals surface area contributed by atoms with Crippen LogP contribution in [0.1, 0.15) is 11.1 Å². The molecule has 3 amide bonds. The Morgan fingerprint density at radius 2 is 1.20 bits per heavy atom. The number of aliphatic carboxylic acids is 1. The number of aromatic amines is 2. The lowest BCUT2D eigenvalue weighted by molar-refractivity contribution is -0.143. The summed E-state index contributed by atoms with van der Waals surface area (Å²) in [7, 11) is 0. The van der Waals surface area contributed by atoms with Crippen LogP contribution in [0.2, 0.25) is 0 Å². The van der Waals surface area contributed by atoms with Gasteiger partial charge in [-0.1, -0.05) is 36.4 Å². The molecule has 2 aromatic carbocycles. The molecule has 0 aliphatic carbocycles. The number of hydrogen-bond donors (Lipinski definition) is 9. The van der Waals surface area contributed by atoms with E-state index in [2.05, 4.69) is 38.5 Å². The zero-order chi connectivity index (χ0) is 29.5. The molecule has 0 radical (unpaired) electrons. The van der Waals surface area contributed by atoms with Gasteiger partial charge in [0.05, 0.1) is 12.6 Å². The Labute approximate surface area is 240 Å². The molecule has 0 bridgehead atoms. The van der Waals surface area contributed by atoms with Crippen LogP contribution in [0.4, 0.5) is 0 Å². The zero-order valence-electron chi connectivity index (χ0n) is 22.0. The van der Waals surface area contributed by atoms with Crippen molar-refractivity contribution in [3.8, 4) is 0 Å². The maximum atomic E-state index is 13.7. The van der Waals surface area contributed by atoms with Crippen LogP contribution in [-0.2, 0) is 32.0 Å². The monoisotopic (exact) mass is 580 g/mol. The van der Waals surface area contributed by atoms with Crippen molar-refractivity contribution >= 4 is 58.1 Å². The van der Waals surface area contributed by atoms with Gasteiger partial charge in [0.1, 0.15) is 18.1 Å². The standard InChI is InChI=1S/C28H32N6O6S/c29-19(14-41)25(36)32-22(9-15-11-30-20-7-3-1-5-17(15)20)26(37)33-23(27(38)34-24(13-35)28(39)40)10-16-12-31-21-8-4-2-6-18(16)21/h1-8,11-12,19,22-24,30-31,35,41H,9-10,13-14,29H2,(H,32,36)(H,33,37)(H,34,38)(H,39,40). The van der Waals surface area contributed by atoms with Crippen LogP contribution in [0.5, 0.6) is 0 Å². The molecule has 0 saturated carbocycles. The van der Waals surface area contributed by atoms with Crippen molar-refractivity contribution in [3.05, 3.63) is 72.1 Å². The molecule has 13 heteroatoms. The number of thiol groups is 1. The Morgan fingerprint density at radius 3 is 1.63 bits per heavy atom. The summed E-state index contributed by atoms with van der Waals surface area (Å²) in [5.74, 6) is -3.46. The van der Waals surface area contributed by atoms with E-state index in [4.69, 9.17) is 5.73 Å². The minimum Gasteiger partial charge on any atom is -0.480 e. The van der Waals surface area contributed by atoms with Gasteiger partial charge in [-0.3, -0.25) is 14.4 Å². The molecule has 0 fully saturated rings. The van der Waals surface area contributed by atoms with E-state index in [0.29, 0.717) is 5.56 Å². The molecule has 12 nitrogen and oxygen atoms in total. The Morgan fingerprint density at radius 1 is 0.756 bits per heavy atom. The zero-order valence-corrected chi connectivity index (χ0v) is 22.9. The topological polar surface area (TPSA) is 202 Å². The average molecular weight is 581 g/mol. The Bertz CT molecular complexity index is 1550. The third-order valence-corrected chi connectivity index (χ3v) is 7.19. The largest absolute Gasteiger partial charge is 0.480 e. The molecule has 4 atom stereocenters. The smallest absolute Gasteiger partial charge is 0.328 e. The van der Waals surface area contributed by atoms with E-state index in [1.807, 2.05) is 48.5 Å². The van der Waals surface area contributed by atoms with Crippen LogP contribution in [-0.4, -0.2) is 80.4 Å². The molecule has 4 unspecified atom stereocenters. The molecule has 4 rings (SSSR count). The number of aromatic nitrogens is 2. The number of carboxylic acid groups (broad SMARTS) is 1. The number of rotatable bonds is 13. The van der Waals surface area contributed by atoms with Gasteiger partial charge >= 0.3 is 5.97 Å². The van der Waals surface area contributed by atoms with Crippen molar-refractivity contribution in [2.45, 2.75) is 37.0 Å². The molecule has 0 aliphatic rings. The maximum absolute atomic E-state index is 13.7. The first-order valence-electron chi connectivity index (χ1n) is 12.9. The molecule has 2 heterocycles. The SMILES string of the molecule is NC(CS)C(=O)NC(Cc1c[nH]c2ccccc12)C(=O)NC(Cc1c[nH]c2ccccc12)C(=O)NC(CO)C(=O)O. The summed E-state index contributed by atoms with van der Waals surface area (Å²) in [6, 6.07) is 9.96. The van der Waals surface area contributed by atoms with Gasteiger partial charge < -0.3 is 41.9 Å². The third kappa shape index (κ3) is 7.06. The first kappa shape index (κ1) is 29.6. The minimum absolute atomic E-state index is 0.00323. The maximum Gasteiger partial charge on any atom is 0.328 e. The van der Waals surface area contributed by atoms with Crippen LogP contribution in [0.15, 0.2) is 60.9 Å². The number of carbonyl (C=O) groups excluding carboxylic acids is 3. The fourth-order valence-electron chi connectivity index (χ4n) is 4.55. The summed E-state index contributed by atoms with van der Waals surface area (Å²) in [5.41, 5.74) is 8.97. The molecular weight excluding hydrogens is 548 g/mol. The number of fused-ring (bicyclic) bond motifs is 2. The Kier molecular flexibility index (Phi) is 9.65. The quantitative estimate of drug-likeness (QED) is 0.101. The number of para-hydroxylation sites is 2. The number of benzene rings is 2. The summed E-state index contributed by atoms with van der Waals surface area (Å²) in [6.07, 6.45) is 3.53. The Balaban J connectivity index is 1.63. The van der Waals surface area contributed by atoms with Crippen LogP contribution in [0.3, 0.4) is 0 Å². The summed E-state index contributed by atoms with van der Waals surface area (Å²) >= 11 is 4.07. The normalized spacial score (nSPS) is 14.2. The minimum atomic E-state index is -1.57. The number of hydrogen-bond acceptors (Lipinski definition) is 7. The van der Waals surface area contributed by atoms with E-state index in [1.165, 1.54) is 0 Å². The van der Waals surface area contributed by atoms with Crippen LogP contribution >= 0.6 is 12.6 Å². The van der Waals surface area contributed by atoms with Crippen LogP contribution in [0, 0.1) is 0 Å². The van der Waals surface area contributed by atoms with Crippen molar-refractivity contribution in [1.82, 2.24) is 25.9 Å². The van der Waals surface area contributed by atoms with Crippen LogP contribution in [0.25, 0.3) is 21.8 Å². The number of aliphatic hydroxyl groups is 1. The van der Waals surface area contributed by atoms with E-state index >= 15 is 0 Å². The van der Waals surface area contributed by atoms with Crippen molar-refractivity contribution in [1.29, 1.82) is 0 Å². The summed E-state index contributed by atoms with van der Waals surface area (Å²) in [6.45, 7) is -0.838. The predicted octanol–water partition coefficient (Wildman–Crippen LogP) is 0.223. The number of H-pyrrole nitrogens is 2. The number of carbonyl (C=O) groups is 4. The van der Waals surface area contributed by atoms with Gasteiger partial charge in [0.2, 0.25) is 17.7 Å². The number of nitrogens with one attached hydrogen (secondary N) is 5. The number of aliphatic hydroxyl groups excluding tert-OH is 1. The highest BCUT2D eigenvalue weighted by Crippen LogP contribution is 2.21. The number of carboxylic acids is 1. The van der Waals surface area contributed by atoms with E-state index in [9.17, 15) is 29.4 Å². The highest BCUT2D eigenvalue weighted by Gasteiger charge is 2.31. The first-order valence-corrected chi connectivity index (χ1v) is 13.6. The lowest BCUT2D eigenvalue weighted by atomic mass is 10.0. The Hall–Kier alpha value is -4.33. The molecular formula is C28H32N6O6S. The second-order valence-electron chi connectivity index (χ2n) is 9.62. The number of nitrogens with two attached hydrogens (primary N) is 1. The van der Waals surface area contributed by atoms with Gasteiger partial charge in [0, 0.05) is 52.8 Å². The van der Waals surface area contributed by atoms with E-state index < -0.39 is 54.5 Å². The van der Waals surface area contributed by atoms with E-state index in [0.717, 1.165) is 27.4 Å². The highest BCUT2D eigenvalue weighted by atomic mass is 32.1. The predicted molar refractivity (Wildman–Crippen MR) is 156 cm³/mol. The highest BCUT2D eigenvalue weighted by molar-refractivity contribution is 7.80. The summed E-state index contributed by atoms with van der Waals surface area (Å²) < 4.78 is 0. The van der Waals surface area contributed by atoms with Gasteiger partial charge in [-0.2, -0.15) is 12.6 Å². The van der Waals surface area contributed by atoms with E-state index in [1.54, 1.807) is 12.4 Å². The molecule has 0 spiro atoms. The summed E-state index contributed by atoms with van der Waals surface area (Å²) in [4.78, 5) is 57.4. The van der Waals surface area contributed by atoms with Crippen molar-refractivity contribution in [2.75, 3.05) is 12.4 Å². The van der Waals surface area contributed by atoms with Gasteiger partial charge in [0.25, 0.3) is 0 Å². The molecule has 2 aromatic heterocycles. The third-order valence-electron chi connectivity index (χ3n) is 6.79. The number of amides is 3. The lowest BCUT2D eigenvalue weighted by Crippen LogP contribution is -2.58. The second-order valence-corrected chi connectivity index (χ2v) is 9.99. The van der Waals surface area contributed by atoms with Gasteiger partial charge in [-0.15, -0.1) is 0 Å². The first-order chi connectivity index (χ1) is 19.7. The molecule has 41 heavy (non-hydrogen) atoms. The fourth-order valence-corrected chi connectivity index (χ4v) is 4.72. The molecule has 4 aromatic rings. The average Bonchev–Trinajstić information content (AvgIpc) is 3.58. The van der Waals surface area contributed by atoms with Gasteiger partial charge in [0.15, 0.2) is 0 Å². The van der Waals surface area contributed by atoms with Crippen LogP contribution < -0.4 is 21.7 Å². The molecule has 9 N–H and O–H groups in total. The van der Waals surface area contributed by atoms with E-state index in [-0.39, 0.29) is 18.6 Å². The lowest BCUT2D eigenvalue weighted by Gasteiger charge is -2.25. The van der Waals surface area contributed by atoms with Gasteiger partial charge in [-0.05, 0) is 23.3 Å². The van der Waals surface area contributed by atoms with Crippen molar-refractivity contribution in [3.63, 3.8) is 0 Å². The molecule has 0 saturated heterocycles. The van der Waals surface area contributed by atoms with Crippen molar-refractivity contribution < 1.29 is 29.4 Å². The van der Waals surface area contributed by atoms with Crippen molar-refractivity contribution in [2.24, 2.45) is 5.73 Å². The summed E-state index contributed by atoms with van der Waals surface area (Å²) in [5, 5.41) is 28.1. The second kappa shape index (κ2) is 13.4. The molecule has 216 valence electrons. The molecule has 0 aliphatic heterocycles. The van der Waals surface area contributed by atoms with Gasteiger partial charge in [-0.25, -0.2) is 4.79 Å². The fraction of sp³-hybridized carbons (Fsp3) is 0.286.